The lowest BCUT2D eigenvalue weighted by Crippen LogP contribution is -2.44. The van der Waals surface area contributed by atoms with Crippen LogP contribution in [0.5, 0.6) is 11.5 Å². The van der Waals surface area contributed by atoms with Gasteiger partial charge in [-0.1, -0.05) is 17.7 Å². The normalized spacial score (nSPS) is 18.1. The molecular weight excluding hydrogens is 424 g/mol. The molecule has 1 saturated heterocycles. The van der Waals surface area contributed by atoms with Gasteiger partial charge >= 0.3 is 0 Å². The highest BCUT2D eigenvalue weighted by Gasteiger charge is 2.36. The largest absolute Gasteiger partial charge is 0.489 e. The molecule has 2 aromatic rings. The molecule has 0 spiro atoms. The van der Waals surface area contributed by atoms with Gasteiger partial charge in [0.25, 0.3) is 5.91 Å². The number of nitrogens with zero attached hydrogens (tertiary/aromatic N) is 1. The molecular formula is C22H23ClN2O4S. The summed E-state index contributed by atoms with van der Waals surface area (Å²) in [6, 6.07) is 8.45. The number of thioether (sulfide) groups is 1. The predicted octanol–water partition coefficient (Wildman–Crippen LogP) is 4.27. The van der Waals surface area contributed by atoms with E-state index < -0.39 is 6.04 Å². The van der Waals surface area contributed by atoms with Crippen LogP contribution in [0.25, 0.3) is 0 Å². The maximum absolute atomic E-state index is 13.2. The van der Waals surface area contributed by atoms with E-state index in [0.717, 1.165) is 23.2 Å². The number of fused-ring (bicyclic) bond motifs is 1. The van der Waals surface area contributed by atoms with Crippen LogP contribution in [0.15, 0.2) is 30.3 Å². The maximum atomic E-state index is 13.2. The molecule has 6 nitrogen and oxygen atoms in total. The number of anilines is 1. The average molecular weight is 447 g/mol. The van der Waals surface area contributed by atoms with E-state index in [0.29, 0.717) is 46.9 Å². The third kappa shape index (κ3) is 4.23. The number of carbonyl (C=O) groups is 2. The van der Waals surface area contributed by atoms with Crippen molar-refractivity contribution in [2.75, 3.05) is 30.2 Å². The van der Waals surface area contributed by atoms with Crippen molar-refractivity contribution in [2.45, 2.75) is 26.3 Å². The maximum Gasteiger partial charge on any atom is 0.255 e. The van der Waals surface area contributed by atoms with Gasteiger partial charge in [0.15, 0.2) is 11.5 Å². The number of ether oxygens (including phenoxy) is 2. The van der Waals surface area contributed by atoms with Gasteiger partial charge in [-0.2, -0.15) is 0 Å². The molecule has 4 rings (SSSR count). The molecule has 1 unspecified atom stereocenters. The number of rotatable bonds is 3. The SMILES string of the molecule is Cc1ccc(NC(=O)C2CSCN2C(=O)c2cc(Cl)c3c(c2)OCCCO3)cc1C. The van der Waals surface area contributed by atoms with E-state index in [1.165, 1.54) is 0 Å². The Morgan fingerprint density at radius 3 is 2.73 bits per heavy atom. The predicted molar refractivity (Wildman–Crippen MR) is 119 cm³/mol. The second-order valence-corrected chi connectivity index (χ2v) is 8.82. The van der Waals surface area contributed by atoms with Gasteiger partial charge in [0.1, 0.15) is 6.04 Å². The third-order valence-electron chi connectivity index (χ3n) is 5.27. The summed E-state index contributed by atoms with van der Waals surface area (Å²) in [6.07, 6.45) is 0.748. The standard InChI is InChI=1S/C22H23ClN2O4S/c1-13-4-5-16(8-14(13)2)24-21(26)18-11-30-12-25(18)22(27)15-9-17(23)20-19(10-15)28-6-3-7-29-20/h4-5,8-10,18H,3,6-7,11-12H2,1-2H3,(H,24,26). The number of benzene rings is 2. The molecule has 158 valence electrons. The minimum atomic E-state index is -0.557. The molecule has 2 aliphatic rings. The Bertz CT molecular complexity index is 997. The first-order chi connectivity index (χ1) is 14.4. The lowest BCUT2D eigenvalue weighted by molar-refractivity contribution is -0.119. The molecule has 0 saturated carbocycles. The molecule has 2 heterocycles. The van der Waals surface area contributed by atoms with Crippen molar-refractivity contribution in [1.29, 1.82) is 0 Å². The van der Waals surface area contributed by atoms with E-state index in [4.69, 9.17) is 21.1 Å². The van der Waals surface area contributed by atoms with E-state index in [1.807, 2.05) is 32.0 Å². The molecule has 0 bridgehead atoms. The lowest BCUT2D eigenvalue weighted by Gasteiger charge is -2.24. The highest BCUT2D eigenvalue weighted by atomic mass is 35.5. The van der Waals surface area contributed by atoms with Crippen LogP contribution in [0.3, 0.4) is 0 Å². The van der Waals surface area contributed by atoms with Crippen LogP contribution in [-0.4, -0.2) is 47.6 Å². The Hall–Kier alpha value is -2.38. The zero-order chi connectivity index (χ0) is 21.3. The summed E-state index contributed by atoms with van der Waals surface area (Å²) in [6.45, 7) is 5.04. The van der Waals surface area contributed by atoms with Gasteiger partial charge in [0.05, 0.1) is 24.1 Å². The fraction of sp³-hybridized carbons (Fsp3) is 0.364. The topological polar surface area (TPSA) is 67.9 Å². The lowest BCUT2D eigenvalue weighted by atomic mass is 10.1. The van der Waals surface area contributed by atoms with Gasteiger partial charge in [-0.3, -0.25) is 9.59 Å². The molecule has 1 fully saturated rings. The first-order valence-electron chi connectivity index (χ1n) is 9.80. The Labute approximate surface area is 184 Å². The van der Waals surface area contributed by atoms with Crippen molar-refractivity contribution in [3.63, 3.8) is 0 Å². The zero-order valence-corrected chi connectivity index (χ0v) is 18.4. The second kappa shape index (κ2) is 8.78. The Morgan fingerprint density at radius 2 is 1.93 bits per heavy atom. The van der Waals surface area contributed by atoms with Crippen LogP contribution in [0.2, 0.25) is 5.02 Å². The van der Waals surface area contributed by atoms with Crippen LogP contribution >= 0.6 is 23.4 Å². The number of amides is 2. The van der Waals surface area contributed by atoms with Gasteiger partial charge < -0.3 is 19.7 Å². The Morgan fingerprint density at radius 1 is 1.13 bits per heavy atom. The molecule has 0 aromatic heterocycles. The van der Waals surface area contributed by atoms with Crippen molar-refractivity contribution in [2.24, 2.45) is 0 Å². The summed E-state index contributed by atoms with van der Waals surface area (Å²) < 4.78 is 11.3. The minimum Gasteiger partial charge on any atom is -0.489 e. The molecule has 2 aromatic carbocycles. The Balaban J connectivity index is 1.53. The fourth-order valence-corrected chi connectivity index (χ4v) is 4.84. The molecule has 0 aliphatic carbocycles. The van der Waals surface area contributed by atoms with Crippen molar-refractivity contribution in [1.82, 2.24) is 4.90 Å². The number of hydrogen-bond donors (Lipinski definition) is 1. The van der Waals surface area contributed by atoms with Crippen LogP contribution < -0.4 is 14.8 Å². The average Bonchev–Trinajstić information content (AvgIpc) is 3.09. The molecule has 30 heavy (non-hydrogen) atoms. The summed E-state index contributed by atoms with van der Waals surface area (Å²) in [5.74, 6) is 1.46. The summed E-state index contributed by atoms with van der Waals surface area (Å²) in [5, 5.41) is 3.27. The first-order valence-corrected chi connectivity index (χ1v) is 11.3. The van der Waals surface area contributed by atoms with E-state index in [-0.39, 0.29) is 11.8 Å². The smallest absolute Gasteiger partial charge is 0.255 e. The molecule has 1 N–H and O–H groups in total. The highest BCUT2D eigenvalue weighted by molar-refractivity contribution is 7.99. The van der Waals surface area contributed by atoms with Crippen molar-refractivity contribution in [3.8, 4) is 11.5 Å². The molecule has 0 radical (unpaired) electrons. The molecule has 2 amide bonds. The summed E-state index contributed by atoms with van der Waals surface area (Å²) in [4.78, 5) is 27.7. The number of hydrogen-bond acceptors (Lipinski definition) is 5. The van der Waals surface area contributed by atoms with E-state index in [9.17, 15) is 9.59 Å². The Kier molecular flexibility index (Phi) is 6.11. The van der Waals surface area contributed by atoms with Crippen molar-refractivity contribution in [3.05, 3.63) is 52.0 Å². The van der Waals surface area contributed by atoms with Crippen LogP contribution in [0, 0.1) is 13.8 Å². The van der Waals surface area contributed by atoms with E-state index >= 15 is 0 Å². The zero-order valence-electron chi connectivity index (χ0n) is 16.9. The summed E-state index contributed by atoms with van der Waals surface area (Å²) in [7, 11) is 0. The number of halogens is 1. The molecule has 8 heteroatoms. The van der Waals surface area contributed by atoms with Crippen LogP contribution in [-0.2, 0) is 4.79 Å². The quantitative estimate of drug-likeness (QED) is 0.762. The molecule has 1 atom stereocenters. The van der Waals surface area contributed by atoms with Crippen molar-refractivity contribution < 1.29 is 19.1 Å². The van der Waals surface area contributed by atoms with Crippen molar-refractivity contribution >= 4 is 40.9 Å². The number of carbonyl (C=O) groups excluding carboxylic acids is 2. The van der Waals surface area contributed by atoms with E-state index in [1.54, 1.807) is 28.8 Å². The number of aryl methyl sites for hydroxylation is 2. The van der Waals surface area contributed by atoms with Gasteiger partial charge in [-0.05, 0) is 49.2 Å². The van der Waals surface area contributed by atoms with Gasteiger partial charge in [-0.25, -0.2) is 0 Å². The first kappa shape index (κ1) is 20.9. The van der Waals surface area contributed by atoms with Crippen LogP contribution in [0.1, 0.15) is 27.9 Å². The minimum absolute atomic E-state index is 0.197. The second-order valence-electron chi connectivity index (χ2n) is 7.41. The van der Waals surface area contributed by atoms with Gasteiger partial charge in [0.2, 0.25) is 5.91 Å². The highest BCUT2D eigenvalue weighted by Crippen LogP contribution is 2.38. The van der Waals surface area contributed by atoms with E-state index in [2.05, 4.69) is 5.32 Å². The van der Waals surface area contributed by atoms with Gasteiger partial charge in [-0.15, -0.1) is 11.8 Å². The number of nitrogens with one attached hydrogen (secondary N) is 1. The van der Waals surface area contributed by atoms with Gasteiger partial charge in [0, 0.05) is 23.4 Å². The summed E-state index contributed by atoms with van der Waals surface area (Å²) >= 11 is 7.89. The summed E-state index contributed by atoms with van der Waals surface area (Å²) in [5.41, 5.74) is 3.37. The van der Waals surface area contributed by atoms with Crippen LogP contribution in [0.4, 0.5) is 5.69 Å². The monoisotopic (exact) mass is 446 g/mol. The fourth-order valence-electron chi connectivity index (χ4n) is 3.42. The molecule has 2 aliphatic heterocycles. The third-order valence-corrected chi connectivity index (χ3v) is 6.56.